The molecule has 1 amide bonds. The lowest BCUT2D eigenvalue weighted by Crippen LogP contribution is -2.26. The van der Waals surface area contributed by atoms with Crippen LogP contribution in [-0.2, 0) is 4.79 Å². The van der Waals surface area contributed by atoms with E-state index in [9.17, 15) is 4.79 Å². The quantitative estimate of drug-likeness (QED) is 0.791. The summed E-state index contributed by atoms with van der Waals surface area (Å²) in [6.07, 6.45) is 0.834. The van der Waals surface area contributed by atoms with Crippen LogP contribution in [0.1, 0.15) is 31.4 Å². The summed E-state index contributed by atoms with van der Waals surface area (Å²) in [7, 11) is 1.61. The number of aliphatic hydroxyl groups is 1. The maximum Gasteiger partial charge on any atom is 0.220 e. The van der Waals surface area contributed by atoms with Crippen LogP contribution in [0, 0.1) is 0 Å². The third kappa shape index (κ3) is 4.07. The normalized spacial score (nSPS) is 11.9. The van der Waals surface area contributed by atoms with Crippen LogP contribution in [-0.4, -0.2) is 24.7 Å². The number of methoxy groups -OCH3 is 1. The van der Waals surface area contributed by atoms with Crippen molar-refractivity contribution in [3.05, 3.63) is 29.8 Å². The molecule has 1 rings (SSSR count). The van der Waals surface area contributed by atoms with Gasteiger partial charge in [-0.1, -0.05) is 18.2 Å². The van der Waals surface area contributed by atoms with Crippen LogP contribution in [0.15, 0.2) is 24.3 Å². The first kappa shape index (κ1) is 13.5. The average Bonchev–Trinajstić information content (AvgIpc) is 2.36. The van der Waals surface area contributed by atoms with Crippen molar-refractivity contribution in [1.29, 1.82) is 0 Å². The van der Waals surface area contributed by atoms with E-state index in [0.717, 1.165) is 11.3 Å². The van der Waals surface area contributed by atoms with Crippen LogP contribution in [0.5, 0.6) is 5.75 Å². The van der Waals surface area contributed by atoms with Gasteiger partial charge in [0.2, 0.25) is 5.91 Å². The van der Waals surface area contributed by atoms with Crippen molar-refractivity contribution in [1.82, 2.24) is 5.32 Å². The van der Waals surface area contributed by atoms with Crippen LogP contribution in [0.25, 0.3) is 0 Å². The number of rotatable bonds is 6. The Labute approximate surface area is 102 Å². The van der Waals surface area contributed by atoms with Crippen LogP contribution in [0.4, 0.5) is 0 Å². The molecule has 0 aliphatic carbocycles. The Morgan fingerprint density at radius 3 is 2.82 bits per heavy atom. The number of hydrogen-bond donors (Lipinski definition) is 2. The number of nitrogens with one attached hydrogen (secondary N) is 1. The minimum atomic E-state index is -0.0997. The molecule has 2 N–H and O–H groups in total. The molecule has 0 spiro atoms. The van der Waals surface area contributed by atoms with E-state index in [0.29, 0.717) is 12.8 Å². The molecular weight excluding hydrogens is 218 g/mol. The second-order valence-corrected chi connectivity index (χ2v) is 3.86. The standard InChI is InChI=1S/C13H19NO3/c1-10(14-13(16)8-5-9-15)11-6-3-4-7-12(11)17-2/h3-4,6-7,10,15H,5,8-9H2,1-2H3,(H,14,16). The molecule has 0 aliphatic heterocycles. The van der Waals surface area contributed by atoms with Gasteiger partial charge in [0.05, 0.1) is 13.2 Å². The van der Waals surface area contributed by atoms with Gasteiger partial charge in [-0.15, -0.1) is 0 Å². The number of aliphatic hydroxyl groups excluding tert-OH is 1. The first-order valence-corrected chi connectivity index (χ1v) is 5.72. The van der Waals surface area contributed by atoms with Gasteiger partial charge in [0.25, 0.3) is 0 Å². The highest BCUT2D eigenvalue weighted by molar-refractivity contribution is 5.76. The van der Waals surface area contributed by atoms with Gasteiger partial charge in [-0.2, -0.15) is 0 Å². The van der Waals surface area contributed by atoms with Crippen LogP contribution in [0.3, 0.4) is 0 Å². The molecule has 1 unspecified atom stereocenters. The van der Waals surface area contributed by atoms with Gasteiger partial charge in [-0.3, -0.25) is 4.79 Å². The predicted molar refractivity (Wildman–Crippen MR) is 65.9 cm³/mol. The number of ether oxygens (including phenoxy) is 1. The Kier molecular flexibility index (Phi) is 5.49. The summed E-state index contributed by atoms with van der Waals surface area (Å²) in [5, 5.41) is 11.5. The molecule has 1 aromatic rings. The van der Waals surface area contributed by atoms with Gasteiger partial charge in [0.1, 0.15) is 5.75 Å². The molecule has 4 nitrogen and oxygen atoms in total. The largest absolute Gasteiger partial charge is 0.496 e. The first-order chi connectivity index (χ1) is 8.19. The number of hydrogen-bond acceptors (Lipinski definition) is 3. The zero-order chi connectivity index (χ0) is 12.7. The average molecular weight is 237 g/mol. The van der Waals surface area contributed by atoms with Crippen molar-refractivity contribution in [2.75, 3.05) is 13.7 Å². The van der Waals surface area contributed by atoms with Crippen molar-refractivity contribution in [2.24, 2.45) is 0 Å². The monoisotopic (exact) mass is 237 g/mol. The fraction of sp³-hybridized carbons (Fsp3) is 0.462. The lowest BCUT2D eigenvalue weighted by atomic mass is 10.1. The third-order valence-electron chi connectivity index (χ3n) is 2.54. The van der Waals surface area contributed by atoms with Crippen LogP contribution >= 0.6 is 0 Å². The van der Waals surface area contributed by atoms with Crippen molar-refractivity contribution < 1.29 is 14.6 Å². The van der Waals surface area contributed by atoms with E-state index in [1.807, 2.05) is 31.2 Å². The van der Waals surface area contributed by atoms with Gasteiger partial charge >= 0.3 is 0 Å². The zero-order valence-electron chi connectivity index (χ0n) is 10.3. The molecular formula is C13H19NO3. The minimum absolute atomic E-state index is 0.0382. The topological polar surface area (TPSA) is 58.6 Å². The molecule has 1 aromatic carbocycles. The van der Waals surface area contributed by atoms with Gasteiger partial charge < -0.3 is 15.2 Å². The number of amides is 1. The minimum Gasteiger partial charge on any atom is -0.496 e. The van der Waals surface area contributed by atoms with Gasteiger partial charge in [0, 0.05) is 18.6 Å². The van der Waals surface area contributed by atoms with E-state index in [1.54, 1.807) is 7.11 Å². The molecule has 1 atom stereocenters. The molecule has 0 heterocycles. The van der Waals surface area contributed by atoms with E-state index < -0.39 is 0 Å². The Morgan fingerprint density at radius 2 is 2.18 bits per heavy atom. The molecule has 0 saturated carbocycles. The lowest BCUT2D eigenvalue weighted by Gasteiger charge is -2.17. The number of benzene rings is 1. The summed E-state index contributed by atoms with van der Waals surface area (Å²) in [6, 6.07) is 7.50. The Hall–Kier alpha value is -1.55. The highest BCUT2D eigenvalue weighted by Gasteiger charge is 2.12. The van der Waals surface area contributed by atoms with Crippen LogP contribution < -0.4 is 10.1 Å². The molecule has 0 aliphatic rings. The summed E-state index contributed by atoms with van der Waals surface area (Å²) >= 11 is 0. The second kappa shape index (κ2) is 6.91. The molecule has 0 radical (unpaired) electrons. The number of para-hydroxylation sites is 1. The second-order valence-electron chi connectivity index (χ2n) is 3.86. The fourth-order valence-electron chi connectivity index (χ4n) is 1.66. The maximum atomic E-state index is 11.5. The van der Waals surface area contributed by atoms with Gasteiger partial charge in [0.15, 0.2) is 0 Å². The summed E-state index contributed by atoms with van der Waals surface area (Å²) < 4.78 is 5.24. The Bertz CT molecular complexity index is 365. The van der Waals surface area contributed by atoms with Gasteiger partial charge in [-0.05, 0) is 19.4 Å². The fourth-order valence-corrected chi connectivity index (χ4v) is 1.66. The third-order valence-corrected chi connectivity index (χ3v) is 2.54. The first-order valence-electron chi connectivity index (χ1n) is 5.72. The smallest absolute Gasteiger partial charge is 0.220 e. The molecule has 4 heteroatoms. The molecule has 0 saturated heterocycles. The number of carbonyl (C=O) groups is 1. The Morgan fingerprint density at radius 1 is 1.47 bits per heavy atom. The van der Waals surface area contributed by atoms with E-state index in [2.05, 4.69) is 5.32 Å². The summed E-state index contributed by atoms with van der Waals surface area (Å²) in [4.78, 5) is 11.5. The summed E-state index contributed by atoms with van der Waals surface area (Å²) in [5.74, 6) is 0.708. The lowest BCUT2D eigenvalue weighted by molar-refractivity contribution is -0.122. The van der Waals surface area contributed by atoms with Crippen molar-refractivity contribution in [2.45, 2.75) is 25.8 Å². The van der Waals surface area contributed by atoms with E-state index >= 15 is 0 Å². The predicted octanol–water partition coefficient (Wildman–Crippen LogP) is 1.64. The summed E-state index contributed by atoms with van der Waals surface area (Å²) in [6.45, 7) is 1.95. The van der Waals surface area contributed by atoms with Crippen LogP contribution in [0.2, 0.25) is 0 Å². The van der Waals surface area contributed by atoms with E-state index in [1.165, 1.54) is 0 Å². The highest BCUT2D eigenvalue weighted by Crippen LogP contribution is 2.24. The van der Waals surface area contributed by atoms with Crippen molar-refractivity contribution >= 4 is 5.91 Å². The highest BCUT2D eigenvalue weighted by atomic mass is 16.5. The Balaban J connectivity index is 2.62. The van der Waals surface area contributed by atoms with E-state index in [4.69, 9.17) is 9.84 Å². The molecule has 94 valence electrons. The number of carbonyl (C=O) groups excluding carboxylic acids is 1. The zero-order valence-corrected chi connectivity index (χ0v) is 10.3. The molecule has 0 fully saturated rings. The van der Waals surface area contributed by atoms with Crippen molar-refractivity contribution in [3.63, 3.8) is 0 Å². The van der Waals surface area contributed by atoms with Gasteiger partial charge in [-0.25, -0.2) is 0 Å². The maximum absolute atomic E-state index is 11.5. The van der Waals surface area contributed by atoms with Crippen molar-refractivity contribution in [3.8, 4) is 5.75 Å². The molecule has 17 heavy (non-hydrogen) atoms. The summed E-state index contributed by atoms with van der Waals surface area (Å²) in [5.41, 5.74) is 0.951. The molecule has 0 bridgehead atoms. The molecule has 0 aromatic heterocycles. The van der Waals surface area contributed by atoms with E-state index in [-0.39, 0.29) is 18.6 Å². The SMILES string of the molecule is COc1ccccc1C(C)NC(=O)CCCO.